The molecule has 5 rings (SSSR count). The van der Waals surface area contributed by atoms with E-state index in [1.165, 1.54) is 32.1 Å². The maximum Gasteiger partial charge on any atom is 0.254 e. The summed E-state index contributed by atoms with van der Waals surface area (Å²) in [6.07, 6.45) is 13.7. The monoisotopic (exact) mass is 424 g/mol. The lowest BCUT2D eigenvalue weighted by Crippen LogP contribution is -2.49. The number of amides is 2. The molecular formula is C26H36N2O3. The van der Waals surface area contributed by atoms with Crippen LogP contribution in [0.4, 0.5) is 0 Å². The van der Waals surface area contributed by atoms with E-state index in [2.05, 4.69) is 10.2 Å². The molecule has 1 N–H and O–H groups in total. The lowest BCUT2D eigenvalue weighted by Gasteiger charge is -2.44. The van der Waals surface area contributed by atoms with Crippen molar-refractivity contribution in [2.45, 2.75) is 95.2 Å². The summed E-state index contributed by atoms with van der Waals surface area (Å²) in [5, 5.41) is 3.20. The number of rotatable bonds is 5. The van der Waals surface area contributed by atoms with Gasteiger partial charge in [-0.1, -0.05) is 12.8 Å². The fraction of sp³-hybridized carbons (Fsp3) is 0.692. The van der Waals surface area contributed by atoms with Gasteiger partial charge in [0.2, 0.25) is 5.91 Å². The quantitative estimate of drug-likeness (QED) is 0.745. The Bertz CT molecular complexity index is 778. The maximum absolute atomic E-state index is 13.2. The zero-order valence-electron chi connectivity index (χ0n) is 18.6. The van der Waals surface area contributed by atoms with Crippen molar-refractivity contribution < 1.29 is 14.3 Å². The van der Waals surface area contributed by atoms with Crippen LogP contribution in [0.25, 0.3) is 0 Å². The minimum Gasteiger partial charge on any atom is -0.490 e. The van der Waals surface area contributed by atoms with E-state index in [0.717, 1.165) is 62.8 Å². The topological polar surface area (TPSA) is 58.6 Å². The summed E-state index contributed by atoms with van der Waals surface area (Å²) in [5.41, 5.74) is 0.782. The van der Waals surface area contributed by atoms with Gasteiger partial charge < -0.3 is 15.0 Å². The van der Waals surface area contributed by atoms with Gasteiger partial charge in [0.05, 0.1) is 6.10 Å². The Hall–Kier alpha value is -2.04. The Labute approximate surface area is 185 Å². The van der Waals surface area contributed by atoms with Gasteiger partial charge in [0.1, 0.15) is 5.75 Å². The largest absolute Gasteiger partial charge is 0.490 e. The first-order valence-electron chi connectivity index (χ1n) is 12.6. The van der Waals surface area contributed by atoms with E-state index in [-0.39, 0.29) is 23.8 Å². The van der Waals surface area contributed by atoms with E-state index >= 15 is 0 Å². The van der Waals surface area contributed by atoms with Gasteiger partial charge in [-0.05, 0) is 94.4 Å². The number of ether oxygens (including phenoxy) is 1. The van der Waals surface area contributed by atoms with Crippen molar-refractivity contribution in [3.63, 3.8) is 0 Å². The second-order valence-electron chi connectivity index (χ2n) is 10.2. The van der Waals surface area contributed by atoms with Crippen LogP contribution in [0, 0.1) is 11.8 Å². The number of benzene rings is 1. The first-order chi connectivity index (χ1) is 15.2. The van der Waals surface area contributed by atoms with Gasteiger partial charge >= 0.3 is 0 Å². The number of carbonyl (C=O) groups is 2. The molecule has 2 atom stereocenters. The smallest absolute Gasteiger partial charge is 0.254 e. The first kappa shape index (κ1) is 20.8. The predicted octanol–water partition coefficient (Wildman–Crippen LogP) is 4.70. The van der Waals surface area contributed by atoms with Crippen molar-refractivity contribution in [2.24, 2.45) is 11.8 Å². The van der Waals surface area contributed by atoms with Crippen LogP contribution in [0.3, 0.4) is 0 Å². The number of nitrogens with one attached hydrogen (secondary N) is 1. The number of piperidine rings is 1. The van der Waals surface area contributed by atoms with E-state index in [0.29, 0.717) is 18.0 Å². The van der Waals surface area contributed by atoms with Crippen molar-refractivity contribution >= 4 is 11.8 Å². The third-order valence-electron chi connectivity index (χ3n) is 7.88. The van der Waals surface area contributed by atoms with Crippen LogP contribution >= 0.6 is 0 Å². The van der Waals surface area contributed by atoms with E-state index < -0.39 is 0 Å². The summed E-state index contributed by atoms with van der Waals surface area (Å²) < 4.78 is 6.20. The molecule has 2 unspecified atom stereocenters. The summed E-state index contributed by atoms with van der Waals surface area (Å²) >= 11 is 0. The molecule has 3 saturated carbocycles. The molecule has 0 radical (unpaired) electrons. The molecule has 1 aromatic carbocycles. The number of hydrogen-bond donors (Lipinski definition) is 1. The van der Waals surface area contributed by atoms with Gasteiger partial charge in [-0.3, -0.25) is 9.59 Å². The van der Waals surface area contributed by atoms with Crippen LogP contribution in [0.2, 0.25) is 0 Å². The SMILES string of the molecule is O=C(N[C@H]1CC[C@@H](Oc2ccc(C(=O)N3CCCC4CCCCC43)cc2)CC1)C1CC1. The molecular weight excluding hydrogens is 388 g/mol. The molecule has 0 aromatic heterocycles. The molecule has 5 nitrogen and oxygen atoms in total. The molecule has 0 spiro atoms. The van der Waals surface area contributed by atoms with E-state index in [9.17, 15) is 9.59 Å². The van der Waals surface area contributed by atoms with Crippen LogP contribution in [-0.4, -0.2) is 41.4 Å². The second kappa shape index (κ2) is 9.22. The van der Waals surface area contributed by atoms with Crippen molar-refractivity contribution in [1.29, 1.82) is 0 Å². The summed E-state index contributed by atoms with van der Waals surface area (Å²) in [6.45, 7) is 0.902. The lowest BCUT2D eigenvalue weighted by atomic mass is 9.78. The van der Waals surface area contributed by atoms with Gasteiger partial charge in [-0.25, -0.2) is 0 Å². The normalized spacial score (nSPS) is 30.9. The average Bonchev–Trinajstić information content (AvgIpc) is 3.66. The van der Waals surface area contributed by atoms with Gasteiger partial charge in [0, 0.05) is 30.1 Å². The number of fused-ring (bicyclic) bond motifs is 1. The molecule has 31 heavy (non-hydrogen) atoms. The Morgan fingerprint density at radius 2 is 1.55 bits per heavy atom. The summed E-state index contributed by atoms with van der Waals surface area (Å²) in [5.74, 6) is 2.27. The third kappa shape index (κ3) is 4.91. The number of likely N-dealkylation sites (tertiary alicyclic amines) is 1. The zero-order valence-corrected chi connectivity index (χ0v) is 18.6. The van der Waals surface area contributed by atoms with Crippen molar-refractivity contribution in [1.82, 2.24) is 10.2 Å². The summed E-state index contributed by atoms with van der Waals surface area (Å²) in [7, 11) is 0. The molecule has 4 aliphatic rings. The Balaban J connectivity index is 1.12. The van der Waals surface area contributed by atoms with Gasteiger partial charge in [0.15, 0.2) is 0 Å². The standard InChI is InChI=1S/C26H36N2O3/c29-25(19-7-8-19)27-21-11-15-23(16-12-21)31-22-13-9-20(10-14-22)26(30)28-17-3-5-18-4-1-2-6-24(18)28/h9-10,13-14,18-19,21,23-24H,1-8,11-12,15-17H2,(H,27,29)/t18?,21-,23+,24?. The van der Waals surface area contributed by atoms with Crippen LogP contribution in [0.1, 0.15) is 87.4 Å². The molecule has 1 heterocycles. The van der Waals surface area contributed by atoms with Crippen LogP contribution in [-0.2, 0) is 4.79 Å². The molecule has 0 bridgehead atoms. The third-order valence-corrected chi connectivity index (χ3v) is 7.88. The number of carbonyl (C=O) groups excluding carboxylic acids is 2. The van der Waals surface area contributed by atoms with Crippen LogP contribution in [0.5, 0.6) is 5.75 Å². The molecule has 1 aromatic rings. The molecule has 5 heteroatoms. The Morgan fingerprint density at radius 1 is 0.839 bits per heavy atom. The van der Waals surface area contributed by atoms with Gasteiger partial charge in [0.25, 0.3) is 5.91 Å². The van der Waals surface area contributed by atoms with Gasteiger partial charge in [-0.2, -0.15) is 0 Å². The van der Waals surface area contributed by atoms with E-state index in [4.69, 9.17) is 4.74 Å². The Kier molecular flexibility index (Phi) is 6.20. The first-order valence-corrected chi connectivity index (χ1v) is 12.6. The fourth-order valence-corrected chi connectivity index (χ4v) is 5.90. The maximum atomic E-state index is 13.2. The molecule has 4 fully saturated rings. The summed E-state index contributed by atoms with van der Waals surface area (Å²) in [4.78, 5) is 27.3. The zero-order chi connectivity index (χ0) is 21.2. The van der Waals surface area contributed by atoms with Gasteiger partial charge in [-0.15, -0.1) is 0 Å². The number of nitrogens with zero attached hydrogens (tertiary/aromatic N) is 1. The highest BCUT2D eigenvalue weighted by Crippen LogP contribution is 2.36. The highest BCUT2D eigenvalue weighted by atomic mass is 16.5. The summed E-state index contributed by atoms with van der Waals surface area (Å²) in [6, 6.07) is 8.53. The predicted molar refractivity (Wildman–Crippen MR) is 120 cm³/mol. The van der Waals surface area contributed by atoms with E-state index in [1.807, 2.05) is 24.3 Å². The highest BCUT2D eigenvalue weighted by molar-refractivity contribution is 5.94. The highest BCUT2D eigenvalue weighted by Gasteiger charge is 2.36. The average molecular weight is 425 g/mol. The molecule has 1 aliphatic heterocycles. The number of hydrogen-bond acceptors (Lipinski definition) is 3. The van der Waals surface area contributed by atoms with Crippen molar-refractivity contribution in [2.75, 3.05) is 6.54 Å². The van der Waals surface area contributed by atoms with Crippen molar-refractivity contribution in [3.05, 3.63) is 29.8 Å². The Morgan fingerprint density at radius 3 is 2.29 bits per heavy atom. The minimum absolute atomic E-state index is 0.190. The molecule has 1 saturated heterocycles. The van der Waals surface area contributed by atoms with Crippen LogP contribution in [0.15, 0.2) is 24.3 Å². The minimum atomic E-state index is 0.190. The van der Waals surface area contributed by atoms with Crippen LogP contribution < -0.4 is 10.1 Å². The van der Waals surface area contributed by atoms with Crippen molar-refractivity contribution in [3.8, 4) is 5.75 Å². The molecule has 168 valence electrons. The fourth-order valence-electron chi connectivity index (χ4n) is 5.90. The molecule has 3 aliphatic carbocycles. The lowest BCUT2D eigenvalue weighted by molar-refractivity contribution is -0.123. The second-order valence-corrected chi connectivity index (χ2v) is 10.2. The van der Waals surface area contributed by atoms with E-state index in [1.54, 1.807) is 0 Å². The molecule has 2 amide bonds.